The first-order chi connectivity index (χ1) is 29.5. The van der Waals surface area contributed by atoms with Crippen molar-refractivity contribution in [1.82, 2.24) is 5.32 Å². The molecule has 0 rings (SSSR count). The lowest BCUT2D eigenvalue weighted by Gasteiger charge is -2.19. The van der Waals surface area contributed by atoms with Crippen LogP contribution in [0.2, 0.25) is 0 Å². The third kappa shape index (κ3) is 45.9. The smallest absolute Gasteiger partial charge is 0.305 e. The molecular weight excluding hydrogens is 743 g/mol. The monoisotopic (exact) mass is 846 g/mol. The van der Waals surface area contributed by atoms with Crippen molar-refractivity contribution < 1.29 is 24.5 Å². The number of rotatable bonds is 49. The summed E-state index contributed by atoms with van der Waals surface area (Å²) in [5.74, 6) is -0.110. The number of ether oxygens (including phenoxy) is 1. The maximum atomic E-state index is 12.4. The Morgan fingerprint density at radius 3 is 1.20 bits per heavy atom. The highest BCUT2D eigenvalue weighted by Crippen LogP contribution is 2.16. The van der Waals surface area contributed by atoms with Crippen molar-refractivity contribution in [3.05, 3.63) is 24.3 Å². The second-order valence-corrected chi connectivity index (χ2v) is 18.2. The van der Waals surface area contributed by atoms with Crippen LogP contribution in [0.4, 0.5) is 0 Å². The van der Waals surface area contributed by atoms with Crippen LogP contribution in [0.3, 0.4) is 0 Å². The van der Waals surface area contributed by atoms with Gasteiger partial charge < -0.3 is 20.3 Å². The van der Waals surface area contributed by atoms with E-state index in [4.69, 9.17) is 4.74 Å². The van der Waals surface area contributed by atoms with E-state index in [0.29, 0.717) is 19.4 Å². The number of amides is 1. The van der Waals surface area contributed by atoms with E-state index in [2.05, 4.69) is 31.3 Å². The van der Waals surface area contributed by atoms with E-state index in [-0.39, 0.29) is 18.5 Å². The maximum Gasteiger partial charge on any atom is 0.305 e. The van der Waals surface area contributed by atoms with E-state index in [1.807, 2.05) is 6.08 Å². The van der Waals surface area contributed by atoms with Gasteiger partial charge in [-0.3, -0.25) is 9.59 Å². The van der Waals surface area contributed by atoms with Crippen LogP contribution in [0.5, 0.6) is 0 Å². The highest BCUT2D eigenvalue weighted by molar-refractivity contribution is 5.76. The summed E-state index contributed by atoms with van der Waals surface area (Å²) in [5.41, 5.74) is 0. The first kappa shape index (κ1) is 58.3. The fourth-order valence-electron chi connectivity index (χ4n) is 8.10. The SMILES string of the molecule is CCCCCCCCCCCCCCCCCC/C=C/C(O)C(CO)NC(=O)CCCCC/C=C\CCCCCCCCOC(=O)CCCCCCCCCCCCCC. The summed E-state index contributed by atoms with van der Waals surface area (Å²) in [7, 11) is 0. The maximum absolute atomic E-state index is 12.4. The largest absolute Gasteiger partial charge is 0.466 e. The van der Waals surface area contributed by atoms with Crippen LogP contribution in [0.15, 0.2) is 24.3 Å². The quantitative estimate of drug-likeness (QED) is 0.0322. The highest BCUT2D eigenvalue weighted by Gasteiger charge is 2.18. The van der Waals surface area contributed by atoms with Crippen molar-refractivity contribution in [3.63, 3.8) is 0 Å². The number of allylic oxidation sites excluding steroid dienone is 3. The number of carbonyl (C=O) groups is 2. The fourth-order valence-corrected chi connectivity index (χ4v) is 8.10. The van der Waals surface area contributed by atoms with Gasteiger partial charge in [0.1, 0.15) is 0 Å². The van der Waals surface area contributed by atoms with Crippen LogP contribution in [-0.4, -0.2) is 47.4 Å². The average molecular weight is 846 g/mol. The lowest BCUT2D eigenvalue weighted by molar-refractivity contribution is -0.143. The van der Waals surface area contributed by atoms with Crippen LogP contribution in [0, 0.1) is 0 Å². The molecule has 3 N–H and O–H groups in total. The van der Waals surface area contributed by atoms with E-state index in [9.17, 15) is 19.8 Å². The number of nitrogens with one attached hydrogen (secondary N) is 1. The summed E-state index contributed by atoms with van der Waals surface area (Å²) >= 11 is 0. The van der Waals surface area contributed by atoms with Gasteiger partial charge in [0.25, 0.3) is 0 Å². The minimum Gasteiger partial charge on any atom is -0.466 e. The Kier molecular flexibility index (Phi) is 48.6. The van der Waals surface area contributed by atoms with Crippen molar-refractivity contribution in [2.24, 2.45) is 0 Å². The Balaban J connectivity index is 3.54. The molecule has 354 valence electrons. The van der Waals surface area contributed by atoms with Crippen LogP contribution in [-0.2, 0) is 14.3 Å². The molecule has 2 atom stereocenters. The lowest BCUT2D eigenvalue weighted by atomic mass is 10.0. The topological polar surface area (TPSA) is 95.9 Å². The molecule has 0 saturated heterocycles. The second-order valence-electron chi connectivity index (χ2n) is 18.2. The average Bonchev–Trinajstić information content (AvgIpc) is 3.25. The van der Waals surface area contributed by atoms with Crippen LogP contribution >= 0.6 is 0 Å². The Morgan fingerprint density at radius 2 is 0.783 bits per heavy atom. The summed E-state index contributed by atoms with van der Waals surface area (Å²) in [6.45, 7) is 4.86. The van der Waals surface area contributed by atoms with Crippen molar-refractivity contribution in [2.45, 2.75) is 296 Å². The third-order valence-corrected chi connectivity index (χ3v) is 12.2. The molecule has 0 heterocycles. The molecule has 1 amide bonds. The van der Waals surface area contributed by atoms with Gasteiger partial charge in [-0.15, -0.1) is 0 Å². The first-order valence-electron chi connectivity index (χ1n) is 26.6. The second kappa shape index (κ2) is 50.0. The van der Waals surface area contributed by atoms with Gasteiger partial charge in [0.15, 0.2) is 0 Å². The summed E-state index contributed by atoms with van der Waals surface area (Å²) in [4.78, 5) is 24.4. The van der Waals surface area contributed by atoms with E-state index in [1.165, 1.54) is 186 Å². The van der Waals surface area contributed by atoms with Gasteiger partial charge in [-0.05, 0) is 57.8 Å². The number of hydrogen-bond acceptors (Lipinski definition) is 5. The number of aliphatic hydroxyl groups excluding tert-OH is 2. The number of carbonyl (C=O) groups excluding carboxylic acids is 2. The minimum atomic E-state index is -0.861. The summed E-state index contributed by atoms with van der Waals surface area (Å²) in [5, 5.41) is 23.1. The molecule has 0 spiro atoms. The van der Waals surface area contributed by atoms with Gasteiger partial charge in [-0.1, -0.05) is 237 Å². The third-order valence-electron chi connectivity index (χ3n) is 12.2. The van der Waals surface area contributed by atoms with Crippen LogP contribution in [0.25, 0.3) is 0 Å². The predicted octanol–water partition coefficient (Wildman–Crippen LogP) is 15.9. The summed E-state index contributed by atoms with van der Waals surface area (Å²) < 4.78 is 5.45. The molecule has 0 radical (unpaired) electrons. The molecule has 0 aromatic carbocycles. The molecule has 0 aliphatic heterocycles. The van der Waals surface area contributed by atoms with Crippen molar-refractivity contribution in [1.29, 1.82) is 0 Å². The van der Waals surface area contributed by atoms with Crippen LogP contribution in [0.1, 0.15) is 284 Å². The van der Waals surface area contributed by atoms with Crippen molar-refractivity contribution >= 4 is 11.9 Å². The lowest BCUT2D eigenvalue weighted by Crippen LogP contribution is -2.45. The highest BCUT2D eigenvalue weighted by atomic mass is 16.5. The molecule has 0 aliphatic carbocycles. The van der Waals surface area contributed by atoms with E-state index in [0.717, 1.165) is 70.6 Å². The number of hydrogen-bond donors (Lipinski definition) is 3. The molecule has 0 saturated carbocycles. The molecule has 0 bridgehead atoms. The zero-order chi connectivity index (χ0) is 43.7. The van der Waals surface area contributed by atoms with Crippen molar-refractivity contribution in [3.8, 4) is 0 Å². The number of aliphatic hydroxyl groups is 2. The Hall–Kier alpha value is -1.66. The van der Waals surface area contributed by atoms with Gasteiger partial charge in [0.05, 0.1) is 25.4 Å². The summed E-state index contributed by atoms with van der Waals surface area (Å²) in [6.07, 6.45) is 58.9. The molecule has 0 aromatic rings. The molecule has 60 heavy (non-hydrogen) atoms. The molecule has 0 fully saturated rings. The van der Waals surface area contributed by atoms with E-state index in [1.54, 1.807) is 6.08 Å². The van der Waals surface area contributed by atoms with Gasteiger partial charge in [-0.25, -0.2) is 0 Å². The number of esters is 1. The summed E-state index contributed by atoms with van der Waals surface area (Å²) in [6, 6.07) is -0.647. The fraction of sp³-hybridized carbons (Fsp3) is 0.889. The minimum absolute atomic E-state index is 0.0133. The van der Waals surface area contributed by atoms with E-state index >= 15 is 0 Å². The Bertz CT molecular complexity index is 935. The van der Waals surface area contributed by atoms with Gasteiger partial charge in [0, 0.05) is 12.8 Å². The molecule has 6 nitrogen and oxygen atoms in total. The molecule has 6 heteroatoms. The zero-order valence-electron chi connectivity index (χ0n) is 40.2. The van der Waals surface area contributed by atoms with Crippen molar-refractivity contribution in [2.75, 3.05) is 13.2 Å². The molecular formula is C54H103NO5. The van der Waals surface area contributed by atoms with Gasteiger partial charge in [0.2, 0.25) is 5.91 Å². The predicted molar refractivity (Wildman–Crippen MR) is 260 cm³/mol. The van der Waals surface area contributed by atoms with Gasteiger partial charge >= 0.3 is 5.97 Å². The van der Waals surface area contributed by atoms with Crippen LogP contribution < -0.4 is 5.32 Å². The van der Waals surface area contributed by atoms with Gasteiger partial charge in [-0.2, -0.15) is 0 Å². The normalized spacial score (nSPS) is 12.8. The van der Waals surface area contributed by atoms with E-state index < -0.39 is 12.1 Å². The molecule has 2 unspecified atom stereocenters. The standard InChI is InChI=1S/C54H103NO5/c1-3-5-7-9-11-13-15-17-18-19-20-21-23-26-30-34-38-42-46-52(57)51(50-56)55-53(58)47-43-39-35-31-27-24-22-25-29-33-37-41-45-49-60-54(59)48-44-40-36-32-28-16-14-12-10-8-6-4-2/h24,27,42,46,51-52,56-57H,3-23,25-26,28-41,43-45,47-50H2,1-2H3,(H,55,58)/b27-24-,46-42+. The first-order valence-corrected chi connectivity index (χ1v) is 26.6. The number of unbranched alkanes of at least 4 members (excludes halogenated alkanes) is 36. The molecule has 0 aliphatic rings. The zero-order valence-corrected chi connectivity index (χ0v) is 40.2. The molecule has 0 aromatic heterocycles. The Morgan fingerprint density at radius 1 is 0.450 bits per heavy atom. The Labute approximate surface area is 373 Å².